The molecule has 0 fully saturated rings. The number of halogens is 1. The van der Waals surface area contributed by atoms with Crippen molar-refractivity contribution in [2.45, 2.75) is 45.1 Å². The van der Waals surface area contributed by atoms with Crippen molar-refractivity contribution in [3.8, 4) is 0 Å². The second-order valence-electron chi connectivity index (χ2n) is 6.19. The molecule has 1 aliphatic carbocycles. The predicted molar refractivity (Wildman–Crippen MR) is 99.6 cm³/mol. The van der Waals surface area contributed by atoms with Crippen LogP contribution in [0, 0.1) is 6.92 Å². The number of rotatable bonds is 3. The van der Waals surface area contributed by atoms with Gasteiger partial charge in [0.2, 0.25) is 5.91 Å². The number of hydrogen-bond acceptors (Lipinski definition) is 3. The highest BCUT2D eigenvalue weighted by atomic mass is 35.5. The first-order valence-electron chi connectivity index (χ1n) is 7.77. The summed E-state index contributed by atoms with van der Waals surface area (Å²) in [5, 5.41) is 4.02. The smallest absolute Gasteiger partial charge is 0.249 e. The molecule has 124 valence electrons. The molecule has 2 aromatic rings. The van der Waals surface area contributed by atoms with Crippen LogP contribution < -0.4 is 11.1 Å². The van der Waals surface area contributed by atoms with Crippen molar-refractivity contribution < 1.29 is 4.79 Å². The van der Waals surface area contributed by atoms with Crippen LogP contribution in [0.3, 0.4) is 0 Å². The minimum Gasteiger partial charge on any atom is -0.316 e. The molecular weight excluding hydrogens is 328 g/mol. The number of nitrogens with two attached hydrogens (primary N) is 1. The van der Waals surface area contributed by atoms with Crippen molar-refractivity contribution in [3.05, 3.63) is 51.9 Å². The summed E-state index contributed by atoms with van der Waals surface area (Å²) in [5.41, 5.74) is 8.74. The van der Waals surface area contributed by atoms with E-state index in [2.05, 4.69) is 12.2 Å². The summed E-state index contributed by atoms with van der Waals surface area (Å²) < 4.78 is 0. The van der Waals surface area contributed by atoms with E-state index in [1.807, 2.05) is 30.3 Å². The third kappa shape index (κ3) is 3.44. The standard InChI is InChI=1S/C18H22N2OS.ClH/c1-12-14-10-6-7-11-15(14)22-16(12)20-17(21)18(2,19)13-8-4-3-5-9-13;/h3-5,8-9H,6-7,10-11,19H2,1-2H3,(H,20,21);1H. The Kier molecular flexibility index (Phi) is 5.50. The molecule has 0 saturated carbocycles. The summed E-state index contributed by atoms with van der Waals surface area (Å²) >= 11 is 1.71. The Morgan fingerprint density at radius 2 is 1.87 bits per heavy atom. The van der Waals surface area contributed by atoms with E-state index in [9.17, 15) is 4.79 Å². The van der Waals surface area contributed by atoms with Crippen LogP contribution in [0.1, 0.15) is 41.3 Å². The number of nitrogens with one attached hydrogen (secondary N) is 1. The maximum absolute atomic E-state index is 12.7. The maximum atomic E-state index is 12.7. The lowest BCUT2D eigenvalue weighted by Crippen LogP contribution is -2.45. The van der Waals surface area contributed by atoms with Gasteiger partial charge in [-0.15, -0.1) is 23.7 Å². The van der Waals surface area contributed by atoms with Gasteiger partial charge in [-0.3, -0.25) is 4.79 Å². The number of thiophene rings is 1. The fraction of sp³-hybridized carbons (Fsp3) is 0.389. The van der Waals surface area contributed by atoms with Crippen molar-refractivity contribution in [1.82, 2.24) is 0 Å². The van der Waals surface area contributed by atoms with E-state index in [1.54, 1.807) is 18.3 Å². The summed E-state index contributed by atoms with van der Waals surface area (Å²) in [4.78, 5) is 14.1. The van der Waals surface area contributed by atoms with E-state index in [0.29, 0.717) is 0 Å². The van der Waals surface area contributed by atoms with E-state index in [4.69, 9.17) is 5.73 Å². The van der Waals surface area contributed by atoms with Crippen LogP contribution in [0.4, 0.5) is 5.00 Å². The van der Waals surface area contributed by atoms with E-state index in [-0.39, 0.29) is 18.3 Å². The second kappa shape index (κ2) is 7.04. The summed E-state index contributed by atoms with van der Waals surface area (Å²) in [6.07, 6.45) is 4.76. The molecule has 3 rings (SSSR count). The van der Waals surface area contributed by atoms with Gasteiger partial charge in [0.05, 0.1) is 5.00 Å². The molecule has 1 amide bonds. The van der Waals surface area contributed by atoms with Crippen LogP contribution in [0.5, 0.6) is 0 Å². The van der Waals surface area contributed by atoms with Crippen molar-refractivity contribution in [2.75, 3.05) is 5.32 Å². The number of carbonyl (C=O) groups is 1. The molecule has 0 saturated heterocycles. The molecule has 3 N–H and O–H groups in total. The lowest BCUT2D eigenvalue weighted by atomic mass is 9.92. The van der Waals surface area contributed by atoms with Crippen molar-refractivity contribution >= 4 is 34.7 Å². The van der Waals surface area contributed by atoms with Crippen molar-refractivity contribution in [2.24, 2.45) is 5.73 Å². The van der Waals surface area contributed by atoms with E-state index < -0.39 is 5.54 Å². The van der Waals surface area contributed by atoms with Gasteiger partial charge in [-0.1, -0.05) is 30.3 Å². The van der Waals surface area contributed by atoms with Crippen LogP contribution in [0.2, 0.25) is 0 Å². The molecular formula is C18H23ClN2OS. The van der Waals surface area contributed by atoms with Gasteiger partial charge in [0.1, 0.15) is 5.54 Å². The summed E-state index contributed by atoms with van der Waals surface area (Å²) in [5.74, 6) is -0.152. The monoisotopic (exact) mass is 350 g/mol. The third-order valence-corrected chi connectivity index (χ3v) is 5.82. The molecule has 3 nitrogen and oxygen atoms in total. The van der Waals surface area contributed by atoms with Gasteiger partial charge in [-0.2, -0.15) is 0 Å². The largest absolute Gasteiger partial charge is 0.316 e. The molecule has 1 aromatic carbocycles. The van der Waals surface area contributed by atoms with Gasteiger partial charge >= 0.3 is 0 Å². The SMILES string of the molecule is Cc1c(NC(=O)C(C)(N)c2ccccc2)sc2c1CCCC2.Cl. The normalized spacial score (nSPS) is 16.0. The number of anilines is 1. The molecule has 23 heavy (non-hydrogen) atoms. The van der Waals surface area contributed by atoms with Gasteiger partial charge < -0.3 is 11.1 Å². The molecule has 1 aliphatic rings. The number of carbonyl (C=O) groups excluding carboxylic acids is 1. The Balaban J connectivity index is 0.00000192. The Morgan fingerprint density at radius 3 is 2.52 bits per heavy atom. The summed E-state index contributed by atoms with van der Waals surface area (Å²) in [6.45, 7) is 3.87. The minimum absolute atomic E-state index is 0. The number of benzene rings is 1. The highest BCUT2D eigenvalue weighted by Crippen LogP contribution is 2.38. The molecule has 1 aromatic heterocycles. The van der Waals surface area contributed by atoms with E-state index >= 15 is 0 Å². The van der Waals surface area contributed by atoms with Crippen LogP contribution >= 0.6 is 23.7 Å². The molecule has 0 spiro atoms. The van der Waals surface area contributed by atoms with Crippen LogP contribution in [0.25, 0.3) is 0 Å². The molecule has 0 aliphatic heterocycles. The minimum atomic E-state index is -1.03. The molecule has 0 radical (unpaired) electrons. The molecule has 5 heteroatoms. The molecule has 0 bridgehead atoms. The lowest BCUT2D eigenvalue weighted by molar-refractivity contribution is -0.120. The Hall–Kier alpha value is -1.36. The maximum Gasteiger partial charge on any atom is 0.249 e. The molecule has 1 atom stereocenters. The van der Waals surface area contributed by atoms with Gasteiger partial charge in [0.25, 0.3) is 0 Å². The average molecular weight is 351 g/mol. The first-order chi connectivity index (χ1) is 10.5. The summed E-state index contributed by atoms with van der Waals surface area (Å²) in [7, 11) is 0. The fourth-order valence-corrected chi connectivity index (χ4v) is 4.28. The Labute approximate surface area is 147 Å². The zero-order chi connectivity index (χ0) is 15.7. The van der Waals surface area contributed by atoms with Gasteiger partial charge in [-0.25, -0.2) is 0 Å². The topological polar surface area (TPSA) is 55.1 Å². The average Bonchev–Trinajstić information content (AvgIpc) is 2.85. The number of fused-ring (bicyclic) bond motifs is 1. The first-order valence-corrected chi connectivity index (χ1v) is 8.59. The summed E-state index contributed by atoms with van der Waals surface area (Å²) in [6, 6.07) is 9.53. The fourth-order valence-electron chi connectivity index (χ4n) is 2.99. The van der Waals surface area contributed by atoms with Crippen LogP contribution in [0.15, 0.2) is 30.3 Å². The highest BCUT2D eigenvalue weighted by molar-refractivity contribution is 7.16. The van der Waals surface area contributed by atoms with Gasteiger partial charge in [0, 0.05) is 4.88 Å². The number of hydrogen-bond donors (Lipinski definition) is 2. The second-order valence-corrected chi connectivity index (χ2v) is 7.29. The Bertz CT molecular complexity index is 695. The predicted octanol–water partition coefficient (Wildman–Crippen LogP) is 4.17. The van der Waals surface area contributed by atoms with Crippen LogP contribution in [-0.4, -0.2) is 5.91 Å². The lowest BCUT2D eigenvalue weighted by Gasteiger charge is -2.24. The zero-order valence-electron chi connectivity index (χ0n) is 13.5. The number of aryl methyl sites for hydroxylation is 1. The van der Waals surface area contributed by atoms with Crippen molar-refractivity contribution in [1.29, 1.82) is 0 Å². The van der Waals surface area contributed by atoms with Crippen LogP contribution in [-0.2, 0) is 23.2 Å². The van der Waals surface area contributed by atoms with Gasteiger partial charge in [-0.05, 0) is 56.2 Å². The van der Waals surface area contributed by atoms with E-state index in [1.165, 1.54) is 28.8 Å². The first kappa shape index (κ1) is 18.0. The van der Waals surface area contributed by atoms with Crippen molar-refractivity contribution in [3.63, 3.8) is 0 Å². The van der Waals surface area contributed by atoms with E-state index in [0.717, 1.165) is 23.4 Å². The zero-order valence-corrected chi connectivity index (χ0v) is 15.2. The van der Waals surface area contributed by atoms with Gasteiger partial charge in [0.15, 0.2) is 0 Å². The quantitative estimate of drug-likeness (QED) is 0.872. The Morgan fingerprint density at radius 1 is 1.22 bits per heavy atom. The number of amides is 1. The third-order valence-electron chi connectivity index (χ3n) is 4.51. The highest BCUT2D eigenvalue weighted by Gasteiger charge is 2.31. The molecule has 1 heterocycles. The molecule has 1 unspecified atom stereocenters.